The third-order valence-corrected chi connectivity index (χ3v) is 6.24. The zero-order valence-corrected chi connectivity index (χ0v) is 17.7. The van der Waals surface area contributed by atoms with Crippen LogP contribution in [-0.2, 0) is 0 Å². The van der Waals surface area contributed by atoms with Crippen LogP contribution in [0.3, 0.4) is 0 Å². The number of hydrogen-bond acceptors (Lipinski definition) is 6. The molecule has 3 aromatic heterocycles. The monoisotopic (exact) mass is 461 g/mol. The van der Waals surface area contributed by atoms with E-state index < -0.39 is 24.0 Å². The molecule has 0 saturated heterocycles. The van der Waals surface area contributed by atoms with Gasteiger partial charge in [-0.25, -0.2) is 18.2 Å². The third kappa shape index (κ3) is 3.68. The van der Waals surface area contributed by atoms with Gasteiger partial charge in [0.15, 0.2) is 5.65 Å². The Bertz CT molecular complexity index is 1280. The number of carbonyl (C=O) groups is 1. The van der Waals surface area contributed by atoms with E-state index in [1.54, 1.807) is 31.4 Å². The van der Waals surface area contributed by atoms with Gasteiger partial charge in [0.25, 0.3) is 17.4 Å². The Kier molecular flexibility index (Phi) is 5.02. The Balaban J connectivity index is 1.46. The van der Waals surface area contributed by atoms with E-state index in [4.69, 9.17) is 0 Å². The molecule has 0 aliphatic heterocycles. The van der Waals surface area contributed by atoms with Gasteiger partial charge in [-0.3, -0.25) is 9.59 Å². The average Bonchev–Trinajstić information content (AvgIpc) is 3.19. The molecular weight excluding hydrogens is 439 g/mol. The second-order valence-electron chi connectivity index (χ2n) is 8.38. The average molecular weight is 461 g/mol. The Labute approximate surface area is 186 Å². The number of pyridine rings is 1. The number of rotatable bonds is 6. The van der Waals surface area contributed by atoms with Crippen molar-refractivity contribution in [1.82, 2.24) is 24.5 Å². The molecule has 3 heterocycles. The summed E-state index contributed by atoms with van der Waals surface area (Å²) in [5.41, 5.74) is 0.0888. The molecule has 2 fully saturated rings. The van der Waals surface area contributed by atoms with Crippen molar-refractivity contribution in [1.29, 1.82) is 0 Å². The first kappa shape index (κ1) is 21.3. The van der Waals surface area contributed by atoms with E-state index in [2.05, 4.69) is 26.0 Å². The number of fused-ring (bicyclic) bond motifs is 1. The van der Waals surface area contributed by atoms with Crippen molar-refractivity contribution in [2.24, 2.45) is 0 Å². The molecule has 174 valence electrons. The molecule has 0 radical (unpaired) electrons. The lowest BCUT2D eigenvalue weighted by molar-refractivity contribution is -0.102. The predicted octanol–water partition coefficient (Wildman–Crippen LogP) is 2.88. The van der Waals surface area contributed by atoms with Crippen LogP contribution in [0.15, 0.2) is 35.4 Å². The summed E-state index contributed by atoms with van der Waals surface area (Å²) in [6.45, 7) is 0. The van der Waals surface area contributed by atoms with Crippen LogP contribution in [0.5, 0.6) is 0 Å². The summed E-state index contributed by atoms with van der Waals surface area (Å²) in [4.78, 5) is 29.9. The van der Waals surface area contributed by atoms with E-state index in [0.29, 0.717) is 18.7 Å². The third-order valence-electron chi connectivity index (χ3n) is 6.24. The van der Waals surface area contributed by atoms with E-state index in [1.807, 2.05) is 0 Å². The van der Waals surface area contributed by atoms with Crippen LogP contribution in [0.1, 0.15) is 42.1 Å². The minimum atomic E-state index is -2.93. The molecule has 0 spiro atoms. The highest BCUT2D eigenvalue weighted by atomic mass is 19.3. The summed E-state index contributed by atoms with van der Waals surface area (Å²) >= 11 is 0. The fourth-order valence-corrected chi connectivity index (χ4v) is 4.07. The van der Waals surface area contributed by atoms with Crippen LogP contribution >= 0.6 is 0 Å². The van der Waals surface area contributed by atoms with E-state index >= 15 is 0 Å². The van der Waals surface area contributed by atoms with E-state index in [9.17, 15) is 22.8 Å². The van der Waals surface area contributed by atoms with Crippen LogP contribution in [0.4, 0.5) is 30.5 Å². The quantitative estimate of drug-likeness (QED) is 0.522. The SMILES string of the molecule is CNc1cc(Nc2cccn(C3CC(F)C3)c2=O)nc2c(C(=O)N[C@@H]3CCC3(F)F)cnn12. The lowest BCUT2D eigenvalue weighted by atomic mass is 9.88. The van der Waals surface area contributed by atoms with E-state index in [0.717, 1.165) is 0 Å². The van der Waals surface area contributed by atoms with Gasteiger partial charge < -0.3 is 20.5 Å². The van der Waals surface area contributed by atoms with Crippen molar-refractivity contribution in [2.75, 3.05) is 17.7 Å². The number of hydrogen-bond donors (Lipinski definition) is 3. The molecule has 33 heavy (non-hydrogen) atoms. The first-order valence-corrected chi connectivity index (χ1v) is 10.6. The van der Waals surface area contributed by atoms with Gasteiger partial charge in [-0.1, -0.05) is 0 Å². The number of anilines is 3. The maximum atomic E-state index is 13.6. The standard InChI is InChI=1S/C21H22F3N7O2/c1-25-17-9-16(27-14-3-2-6-30(20(14)33)12-7-11(22)8-12)29-18-13(10-26-31(17)18)19(32)28-15-4-5-21(15,23)24/h2-3,6,9-12,15,25H,4-5,7-8H2,1H3,(H,27,29)(H,28,32)/t11?,12?,15-/m1/s1. The summed E-state index contributed by atoms with van der Waals surface area (Å²) in [5, 5.41) is 12.4. The second-order valence-corrected chi connectivity index (χ2v) is 8.38. The Hall–Kier alpha value is -3.57. The largest absolute Gasteiger partial charge is 0.373 e. The topological polar surface area (TPSA) is 105 Å². The lowest BCUT2D eigenvalue weighted by Crippen LogP contribution is -2.55. The molecule has 2 aliphatic rings. The molecule has 2 aliphatic carbocycles. The zero-order valence-electron chi connectivity index (χ0n) is 17.7. The summed E-state index contributed by atoms with van der Waals surface area (Å²) in [6, 6.07) is 3.46. The summed E-state index contributed by atoms with van der Waals surface area (Å²) in [7, 11) is 1.65. The molecule has 5 rings (SSSR count). The van der Waals surface area contributed by atoms with Crippen LogP contribution in [-0.4, -0.2) is 50.3 Å². The lowest BCUT2D eigenvalue weighted by Gasteiger charge is -2.36. The maximum absolute atomic E-state index is 13.6. The van der Waals surface area contributed by atoms with E-state index in [1.165, 1.54) is 15.3 Å². The van der Waals surface area contributed by atoms with Crippen LogP contribution in [0.2, 0.25) is 0 Å². The fourth-order valence-electron chi connectivity index (χ4n) is 4.07. The van der Waals surface area contributed by atoms with Crippen LogP contribution in [0.25, 0.3) is 5.65 Å². The second kappa shape index (κ2) is 7.78. The van der Waals surface area contributed by atoms with Gasteiger partial charge in [0.05, 0.1) is 12.2 Å². The molecule has 0 unspecified atom stereocenters. The van der Waals surface area contributed by atoms with Crippen LogP contribution < -0.4 is 21.5 Å². The number of nitrogens with zero attached hydrogens (tertiary/aromatic N) is 4. The maximum Gasteiger partial charge on any atom is 0.274 e. The molecule has 9 nitrogen and oxygen atoms in total. The van der Waals surface area contributed by atoms with Gasteiger partial charge >= 0.3 is 0 Å². The zero-order chi connectivity index (χ0) is 23.3. The van der Waals surface area contributed by atoms with Gasteiger partial charge in [-0.2, -0.15) is 9.61 Å². The highest BCUT2D eigenvalue weighted by Crippen LogP contribution is 2.38. The molecular formula is C21H22F3N7O2. The van der Waals surface area contributed by atoms with Gasteiger partial charge in [0.1, 0.15) is 29.1 Å². The van der Waals surface area contributed by atoms with Gasteiger partial charge in [-0.15, -0.1) is 0 Å². The summed E-state index contributed by atoms with van der Waals surface area (Å²) in [6.07, 6.45) is 2.52. The van der Waals surface area contributed by atoms with Crippen molar-refractivity contribution >= 4 is 28.9 Å². The van der Waals surface area contributed by atoms with Gasteiger partial charge in [-0.05, 0) is 31.4 Å². The summed E-state index contributed by atoms with van der Waals surface area (Å²) < 4.78 is 43.3. The number of carbonyl (C=O) groups excluding carboxylic acids is 1. The summed E-state index contributed by atoms with van der Waals surface area (Å²) in [5.74, 6) is -2.91. The minimum Gasteiger partial charge on any atom is -0.373 e. The first-order valence-electron chi connectivity index (χ1n) is 10.6. The van der Waals surface area contributed by atoms with Crippen molar-refractivity contribution in [3.05, 3.63) is 46.5 Å². The molecule has 1 atom stereocenters. The van der Waals surface area contributed by atoms with Gasteiger partial charge in [0.2, 0.25) is 0 Å². The Morgan fingerprint density at radius 2 is 2.09 bits per heavy atom. The number of aromatic nitrogens is 4. The van der Waals surface area contributed by atoms with Crippen LogP contribution in [0, 0.1) is 0 Å². The van der Waals surface area contributed by atoms with Crippen molar-refractivity contribution in [2.45, 2.75) is 49.9 Å². The predicted molar refractivity (Wildman–Crippen MR) is 115 cm³/mol. The fraction of sp³-hybridized carbons (Fsp3) is 0.429. The number of nitrogens with one attached hydrogen (secondary N) is 3. The van der Waals surface area contributed by atoms with Crippen molar-refractivity contribution in [3.63, 3.8) is 0 Å². The molecule has 2 saturated carbocycles. The van der Waals surface area contributed by atoms with Gasteiger partial charge in [0, 0.05) is 31.8 Å². The van der Waals surface area contributed by atoms with Crippen molar-refractivity contribution < 1.29 is 18.0 Å². The molecule has 1 amide bonds. The van der Waals surface area contributed by atoms with Crippen molar-refractivity contribution in [3.8, 4) is 0 Å². The molecule has 12 heteroatoms. The molecule has 0 bridgehead atoms. The Morgan fingerprint density at radius 1 is 1.30 bits per heavy atom. The first-order chi connectivity index (χ1) is 15.8. The number of halogens is 3. The highest BCUT2D eigenvalue weighted by molar-refractivity contribution is 6.00. The smallest absolute Gasteiger partial charge is 0.274 e. The molecule has 3 N–H and O–H groups in total. The Morgan fingerprint density at radius 3 is 2.73 bits per heavy atom. The highest BCUT2D eigenvalue weighted by Gasteiger charge is 2.49. The molecule has 0 aromatic carbocycles. The normalized spacial score (nSPS) is 23.5. The minimum absolute atomic E-state index is 0.0341. The number of alkyl halides is 3. The number of amides is 1. The van der Waals surface area contributed by atoms with E-state index in [-0.39, 0.29) is 47.2 Å². The molecule has 3 aromatic rings.